The highest BCUT2D eigenvalue weighted by Gasteiger charge is 2.47. The van der Waals surface area contributed by atoms with Crippen LogP contribution in [-0.4, -0.2) is 29.8 Å². The molecular formula is C17H18O5. The van der Waals surface area contributed by atoms with E-state index < -0.39 is 34.6 Å². The van der Waals surface area contributed by atoms with Crippen molar-refractivity contribution in [1.82, 2.24) is 0 Å². The van der Waals surface area contributed by atoms with Crippen molar-refractivity contribution in [2.45, 2.75) is 20.3 Å². The molecule has 22 heavy (non-hydrogen) atoms. The van der Waals surface area contributed by atoms with Gasteiger partial charge in [-0.05, 0) is 0 Å². The standard InChI is InChI=1S/C17H18O5/c1-17(2)9-11(18)12(15(20)13(17)16(21)22-3)14(19)10-7-5-4-6-8-10/h4-8,12,20H,9H2,1-3H3/t12-/m0/s1. The van der Waals surface area contributed by atoms with E-state index in [4.69, 9.17) is 0 Å². The first kappa shape index (κ1) is 15.9. The highest BCUT2D eigenvalue weighted by molar-refractivity contribution is 6.15. The summed E-state index contributed by atoms with van der Waals surface area (Å²) < 4.78 is 4.69. The normalized spacial score (nSPS) is 20.7. The van der Waals surface area contributed by atoms with Crippen molar-refractivity contribution in [3.05, 3.63) is 47.2 Å². The van der Waals surface area contributed by atoms with Gasteiger partial charge in [-0.3, -0.25) is 9.59 Å². The van der Waals surface area contributed by atoms with E-state index in [1.165, 1.54) is 7.11 Å². The smallest absolute Gasteiger partial charge is 0.337 e. The molecule has 0 radical (unpaired) electrons. The number of aliphatic hydroxyl groups is 1. The van der Waals surface area contributed by atoms with Crippen molar-refractivity contribution in [3.63, 3.8) is 0 Å². The van der Waals surface area contributed by atoms with E-state index >= 15 is 0 Å². The van der Waals surface area contributed by atoms with Crippen LogP contribution in [0.25, 0.3) is 0 Å². The van der Waals surface area contributed by atoms with E-state index in [1.807, 2.05) is 0 Å². The number of rotatable bonds is 3. The fourth-order valence-corrected chi connectivity index (χ4v) is 2.79. The third-order valence-electron chi connectivity index (χ3n) is 3.85. The number of carbonyl (C=O) groups excluding carboxylic acids is 3. The first-order valence-corrected chi connectivity index (χ1v) is 6.93. The molecule has 0 fully saturated rings. The SMILES string of the molecule is COC(=O)C1=C(O)[C@H](C(=O)c2ccccc2)C(=O)CC1(C)C. The zero-order valence-electron chi connectivity index (χ0n) is 12.8. The molecule has 0 heterocycles. The molecule has 2 rings (SSSR count). The molecule has 5 heteroatoms. The summed E-state index contributed by atoms with van der Waals surface area (Å²) in [6.07, 6.45) is -0.00919. The van der Waals surface area contributed by atoms with E-state index in [9.17, 15) is 19.5 Å². The van der Waals surface area contributed by atoms with E-state index in [0.717, 1.165) is 0 Å². The number of hydrogen-bond acceptors (Lipinski definition) is 5. The molecule has 1 aliphatic rings. The van der Waals surface area contributed by atoms with Gasteiger partial charge in [0.2, 0.25) is 0 Å². The fourth-order valence-electron chi connectivity index (χ4n) is 2.79. The Bertz CT molecular complexity index is 655. The van der Waals surface area contributed by atoms with Crippen LogP contribution in [0.5, 0.6) is 0 Å². The van der Waals surface area contributed by atoms with Crippen LogP contribution in [0, 0.1) is 11.3 Å². The summed E-state index contributed by atoms with van der Waals surface area (Å²) in [5.74, 6) is -3.48. The number of carbonyl (C=O) groups is 3. The molecule has 1 aliphatic carbocycles. The molecule has 0 saturated heterocycles. The van der Waals surface area contributed by atoms with E-state index in [-0.39, 0.29) is 12.0 Å². The molecule has 1 atom stereocenters. The Balaban J connectivity index is 2.53. The monoisotopic (exact) mass is 302 g/mol. The summed E-state index contributed by atoms with van der Waals surface area (Å²) in [6, 6.07) is 8.23. The number of hydrogen-bond donors (Lipinski definition) is 1. The van der Waals surface area contributed by atoms with Crippen molar-refractivity contribution in [1.29, 1.82) is 0 Å². The van der Waals surface area contributed by atoms with Crippen LogP contribution in [0.2, 0.25) is 0 Å². The summed E-state index contributed by atoms with van der Waals surface area (Å²) in [5.41, 5.74) is -0.568. The molecule has 0 amide bonds. The molecule has 5 nitrogen and oxygen atoms in total. The van der Waals surface area contributed by atoms with Crippen molar-refractivity contribution in [2.75, 3.05) is 7.11 Å². The van der Waals surface area contributed by atoms with Gasteiger partial charge in [0.25, 0.3) is 0 Å². The lowest BCUT2D eigenvalue weighted by Crippen LogP contribution is -2.40. The van der Waals surface area contributed by atoms with Crippen LogP contribution < -0.4 is 0 Å². The molecule has 0 bridgehead atoms. The zero-order valence-corrected chi connectivity index (χ0v) is 12.8. The summed E-state index contributed by atoms with van der Waals surface area (Å²) in [7, 11) is 1.20. The maximum Gasteiger partial charge on any atom is 0.337 e. The predicted molar refractivity (Wildman–Crippen MR) is 79.3 cm³/mol. The minimum atomic E-state index is -1.34. The highest BCUT2D eigenvalue weighted by atomic mass is 16.5. The summed E-state index contributed by atoms with van der Waals surface area (Å²) in [4.78, 5) is 36.8. The second kappa shape index (κ2) is 5.75. The summed E-state index contributed by atoms with van der Waals surface area (Å²) >= 11 is 0. The number of ketones is 2. The average molecular weight is 302 g/mol. The van der Waals surface area contributed by atoms with Gasteiger partial charge in [0.1, 0.15) is 11.7 Å². The Labute approximate surface area is 128 Å². The van der Waals surface area contributed by atoms with E-state index in [1.54, 1.807) is 44.2 Å². The summed E-state index contributed by atoms with van der Waals surface area (Å²) in [5, 5.41) is 10.4. The number of esters is 1. The zero-order chi connectivity index (χ0) is 16.5. The Morgan fingerprint density at radius 3 is 2.36 bits per heavy atom. The fraction of sp³-hybridized carbons (Fsp3) is 0.353. The van der Waals surface area contributed by atoms with Crippen molar-refractivity contribution in [2.24, 2.45) is 11.3 Å². The van der Waals surface area contributed by atoms with Gasteiger partial charge in [-0.15, -0.1) is 0 Å². The Hall–Kier alpha value is -2.43. The largest absolute Gasteiger partial charge is 0.510 e. The van der Waals surface area contributed by atoms with E-state index in [2.05, 4.69) is 4.74 Å². The third kappa shape index (κ3) is 2.66. The molecule has 0 unspecified atom stereocenters. The third-order valence-corrected chi connectivity index (χ3v) is 3.85. The lowest BCUT2D eigenvalue weighted by molar-refractivity contribution is -0.138. The van der Waals surface area contributed by atoms with Gasteiger partial charge in [-0.2, -0.15) is 0 Å². The first-order chi connectivity index (χ1) is 10.3. The minimum Gasteiger partial charge on any atom is -0.510 e. The quantitative estimate of drug-likeness (QED) is 0.527. The molecule has 0 aromatic heterocycles. The molecule has 0 aliphatic heterocycles. The molecule has 1 N–H and O–H groups in total. The lowest BCUT2D eigenvalue weighted by Gasteiger charge is -2.33. The van der Waals surface area contributed by atoms with Crippen LogP contribution in [0.3, 0.4) is 0 Å². The molecule has 1 aromatic rings. The molecular weight excluding hydrogens is 284 g/mol. The van der Waals surface area contributed by atoms with E-state index in [0.29, 0.717) is 5.56 Å². The number of methoxy groups -OCH3 is 1. The number of benzene rings is 1. The van der Waals surface area contributed by atoms with Crippen LogP contribution in [-0.2, 0) is 14.3 Å². The maximum atomic E-state index is 12.5. The number of Topliss-reactive ketones (excluding diaryl/α,β-unsaturated/α-hetero) is 2. The van der Waals surface area contributed by atoms with Crippen LogP contribution in [0.4, 0.5) is 0 Å². The minimum absolute atomic E-state index is 0.00919. The second-order valence-corrected chi connectivity index (χ2v) is 5.94. The van der Waals surface area contributed by atoms with Gasteiger partial charge < -0.3 is 9.84 Å². The van der Waals surface area contributed by atoms with Crippen LogP contribution in [0.15, 0.2) is 41.7 Å². The Morgan fingerprint density at radius 1 is 1.23 bits per heavy atom. The predicted octanol–water partition coefficient (Wildman–Crippen LogP) is 2.47. The van der Waals surface area contributed by atoms with Gasteiger partial charge in [0.05, 0.1) is 12.7 Å². The topological polar surface area (TPSA) is 80.7 Å². The van der Waals surface area contributed by atoms with Crippen molar-refractivity contribution < 1.29 is 24.2 Å². The van der Waals surface area contributed by atoms with Crippen molar-refractivity contribution >= 4 is 17.5 Å². The van der Waals surface area contributed by atoms with Gasteiger partial charge in [0.15, 0.2) is 11.6 Å². The highest BCUT2D eigenvalue weighted by Crippen LogP contribution is 2.41. The number of allylic oxidation sites excluding steroid dienone is 1. The van der Waals surface area contributed by atoms with Gasteiger partial charge in [-0.1, -0.05) is 44.2 Å². The van der Waals surface area contributed by atoms with Gasteiger partial charge in [0, 0.05) is 17.4 Å². The number of ether oxygens (including phenoxy) is 1. The molecule has 0 spiro atoms. The number of aliphatic hydroxyl groups excluding tert-OH is 1. The lowest BCUT2D eigenvalue weighted by atomic mass is 9.69. The van der Waals surface area contributed by atoms with Crippen LogP contribution >= 0.6 is 0 Å². The van der Waals surface area contributed by atoms with Gasteiger partial charge >= 0.3 is 5.97 Å². The van der Waals surface area contributed by atoms with Gasteiger partial charge in [-0.25, -0.2) is 4.79 Å². The summed E-state index contributed by atoms with van der Waals surface area (Å²) in [6.45, 7) is 3.33. The first-order valence-electron chi connectivity index (χ1n) is 6.93. The molecule has 1 aromatic carbocycles. The molecule has 116 valence electrons. The van der Waals surface area contributed by atoms with Crippen LogP contribution in [0.1, 0.15) is 30.6 Å². The second-order valence-electron chi connectivity index (χ2n) is 5.94. The Morgan fingerprint density at radius 2 is 1.82 bits per heavy atom. The van der Waals surface area contributed by atoms with Crippen molar-refractivity contribution in [3.8, 4) is 0 Å². The maximum absolute atomic E-state index is 12.5. The molecule has 0 saturated carbocycles. The average Bonchev–Trinajstić information content (AvgIpc) is 2.46. The Kier molecular flexibility index (Phi) is 4.17.